The van der Waals surface area contributed by atoms with E-state index in [1.807, 2.05) is 0 Å². The first kappa shape index (κ1) is 12.3. The average molecular weight is 270 g/mol. The number of nitrogens with zero attached hydrogens (tertiary/aromatic N) is 3. The third-order valence-electron chi connectivity index (χ3n) is 3.17. The summed E-state index contributed by atoms with van der Waals surface area (Å²) in [5.41, 5.74) is 0.866. The Labute approximate surface area is 107 Å². The fourth-order valence-electron chi connectivity index (χ4n) is 2.34. The van der Waals surface area contributed by atoms with Gasteiger partial charge in [0.15, 0.2) is 0 Å². The lowest BCUT2D eigenvalue weighted by Crippen LogP contribution is -2.50. The number of hydrogen-bond donors (Lipinski definition) is 1. The third-order valence-corrected chi connectivity index (χ3v) is 3.17. The lowest BCUT2D eigenvalue weighted by molar-refractivity contribution is -0.147. The maximum Gasteiger partial charge on any atom is 0.451 e. The van der Waals surface area contributed by atoms with Gasteiger partial charge in [0.1, 0.15) is 0 Å². The molecule has 2 heterocycles. The minimum absolute atomic E-state index is 0.369. The lowest BCUT2D eigenvalue weighted by atomic mass is 10.3. The van der Waals surface area contributed by atoms with Gasteiger partial charge in [0.05, 0.1) is 11.0 Å². The predicted octanol–water partition coefficient (Wildman–Crippen LogP) is 1.60. The van der Waals surface area contributed by atoms with Gasteiger partial charge in [0.25, 0.3) is 0 Å². The van der Waals surface area contributed by atoms with Gasteiger partial charge >= 0.3 is 6.18 Å². The third kappa shape index (κ3) is 2.14. The molecule has 0 saturated carbocycles. The van der Waals surface area contributed by atoms with Gasteiger partial charge in [0, 0.05) is 26.2 Å². The highest BCUT2D eigenvalue weighted by atomic mass is 19.4. The van der Waals surface area contributed by atoms with Crippen molar-refractivity contribution >= 4 is 11.0 Å². The van der Waals surface area contributed by atoms with Crippen molar-refractivity contribution in [3.63, 3.8) is 0 Å². The van der Waals surface area contributed by atoms with E-state index in [0.29, 0.717) is 37.2 Å². The number of halogens is 3. The summed E-state index contributed by atoms with van der Waals surface area (Å²) in [6, 6.07) is 6.68. The highest BCUT2D eigenvalue weighted by molar-refractivity contribution is 5.76. The number of aromatic nitrogens is 2. The van der Waals surface area contributed by atoms with E-state index in [1.165, 1.54) is 4.68 Å². The van der Waals surface area contributed by atoms with Crippen LogP contribution in [0.25, 0.3) is 11.0 Å². The Morgan fingerprint density at radius 2 is 1.79 bits per heavy atom. The highest BCUT2D eigenvalue weighted by Crippen LogP contribution is 2.31. The predicted molar refractivity (Wildman–Crippen MR) is 65.6 cm³/mol. The molecule has 0 aliphatic carbocycles. The molecule has 4 nitrogen and oxygen atoms in total. The largest absolute Gasteiger partial charge is 0.451 e. The number of hydrogen-bond acceptors (Lipinski definition) is 3. The molecule has 0 unspecified atom stereocenters. The van der Waals surface area contributed by atoms with Crippen LogP contribution in [0.15, 0.2) is 24.3 Å². The van der Waals surface area contributed by atoms with Crippen LogP contribution >= 0.6 is 0 Å². The molecule has 0 bridgehead atoms. The SMILES string of the molecule is FC(F)(F)c1nc2ccccc2n1N1CCNCC1. The molecule has 1 N–H and O–H groups in total. The van der Waals surface area contributed by atoms with Crippen molar-refractivity contribution in [3.05, 3.63) is 30.1 Å². The highest BCUT2D eigenvalue weighted by Gasteiger charge is 2.39. The number of rotatable bonds is 1. The smallest absolute Gasteiger partial charge is 0.313 e. The van der Waals surface area contributed by atoms with Crippen LogP contribution in [0.3, 0.4) is 0 Å². The second kappa shape index (κ2) is 4.41. The van der Waals surface area contributed by atoms with Crippen molar-refractivity contribution < 1.29 is 13.2 Å². The van der Waals surface area contributed by atoms with E-state index >= 15 is 0 Å². The number of benzene rings is 1. The lowest BCUT2D eigenvalue weighted by Gasteiger charge is -2.32. The number of imidazole rings is 1. The molecule has 1 aliphatic rings. The first-order valence-electron chi connectivity index (χ1n) is 6.08. The van der Waals surface area contributed by atoms with Gasteiger partial charge in [-0.1, -0.05) is 12.1 Å². The second-order valence-corrected chi connectivity index (χ2v) is 4.44. The van der Waals surface area contributed by atoms with E-state index in [1.54, 1.807) is 29.3 Å². The van der Waals surface area contributed by atoms with Gasteiger partial charge in [0.2, 0.25) is 5.82 Å². The molecule has 3 rings (SSSR count). The number of fused-ring (bicyclic) bond motifs is 1. The molecule has 2 aromatic rings. The topological polar surface area (TPSA) is 33.1 Å². The Morgan fingerprint density at radius 1 is 1.11 bits per heavy atom. The van der Waals surface area contributed by atoms with E-state index in [9.17, 15) is 13.2 Å². The molecule has 0 atom stereocenters. The number of nitrogens with one attached hydrogen (secondary N) is 1. The quantitative estimate of drug-likeness (QED) is 0.854. The van der Waals surface area contributed by atoms with Crippen molar-refractivity contribution in [2.24, 2.45) is 0 Å². The number of para-hydroxylation sites is 2. The summed E-state index contributed by atoms with van der Waals surface area (Å²) in [6.45, 7) is 2.40. The zero-order chi connectivity index (χ0) is 13.5. The number of piperazine rings is 1. The Morgan fingerprint density at radius 3 is 2.47 bits per heavy atom. The fourth-order valence-corrected chi connectivity index (χ4v) is 2.34. The van der Waals surface area contributed by atoms with E-state index < -0.39 is 12.0 Å². The van der Waals surface area contributed by atoms with Crippen LogP contribution in [-0.2, 0) is 6.18 Å². The summed E-state index contributed by atoms with van der Waals surface area (Å²) in [7, 11) is 0. The van der Waals surface area contributed by atoms with E-state index in [4.69, 9.17) is 0 Å². The maximum atomic E-state index is 13.1. The summed E-state index contributed by atoms with van der Waals surface area (Å²) in [6.07, 6.45) is -4.45. The van der Waals surface area contributed by atoms with Crippen molar-refractivity contribution in [2.75, 3.05) is 31.2 Å². The second-order valence-electron chi connectivity index (χ2n) is 4.44. The van der Waals surface area contributed by atoms with Gasteiger partial charge in [-0.15, -0.1) is 0 Å². The monoisotopic (exact) mass is 270 g/mol. The summed E-state index contributed by atoms with van der Waals surface area (Å²) in [4.78, 5) is 3.74. The number of alkyl halides is 3. The molecule has 1 aromatic carbocycles. The van der Waals surface area contributed by atoms with E-state index in [0.717, 1.165) is 0 Å². The standard InChI is InChI=1S/C12H13F3N4/c13-12(14,15)11-17-9-3-1-2-4-10(9)19(11)18-7-5-16-6-8-18/h1-4,16H,5-8H2. The summed E-state index contributed by atoms with van der Waals surface area (Å²) < 4.78 is 40.6. The molecule has 0 radical (unpaired) electrons. The van der Waals surface area contributed by atoms with Gasteiger partial charge in [-0.25, -0.2) is 9.66 Å². The van der Waals surface area contributed by atoms with E-state index in [-0.39, 0.29) is 0 Å². The Hall–Kier alpha value is -1.76. The van der Waals surface area contributed by atoms with Gasteiger partial charge in [-0.2, -0.15) is 13.2 Å². The zero-order valence-corrected chi connectivity index (χ0v) is 10.1. The normalized spacial score (nSPS) is 17.1. The maximum absolute atomic E-state index is 13.1. The molecule has 0 spiro atoms. The van der Waals surface area contributed by atoms with Crippen LogP contribution in [0.1, 0.15) is 5.82 Å². The summed E-state index contributed by atoms with van der Waals surface area (Å²) >= 11 is 0. The van der Waals surface area contributed by atoms with Crippen molar-refractivity contribution in [2.45, 2.75) is 6.18 Å². The fraction of sp³-hybridized carbons (Fsp3) is 0.417. The molecule has 1 aromatic heterocycles. The Bertz CT molecular complexity index is 584. The molecule has 19 heavy (non-hydrogen) atoms. The minimum Gasteiger partial charge on any atom is -0.313 e. The first-order chi connectivity index (χ1) is 9.07. The zero-order valence-electron chi connectivity index (χ0n) is 10.1. The molecular weight excluding hydrogens is 257 g/mol. The van der Waals surface area contributed by atoms with Crippen LogP contribution in [-0.4, -0.2) is 35.8 Å². The Balaban J connectivity index is 2.18. The van der Waals surface area contributed by atoms with Crippen LogP contribution in [0.5, 0.6) is 0 Å². The molecule has 7 heteroatoms. The van der Waals surface area contributed by atoms with Crippen molar-refractivity contribution in [1.29, 1.82) is 0 Å². The average Bonchev–Trinajstić information content (AvgIpc) is 2.79. The van der Waals surface area contributed by atoms with Crippen LogP contribution in [0, 0.1) is 0 Å². The minimum atomic E-state index is -4.45. The molecule has 102 valence electrons. The molecule has 0 amide bonds. The van der Waals surface area contributed by atoms with Gasteiger partial charge in [-0.05, 0) is 12.1 Å². The van der Waals surface area contributed by atoms with Gasteiger partial charge < -0.3 is 10.3 Å². The van der Waals surface area contributed by atoms with Crippen LogP contribution < -0.4 is 10.3 Å². The van der Waals surface area contributed by atoms with Gasteiger partial charge in [-0.3, -0.25) is 0 Å². The van der Waals surface area contributed by atoms with Crippen molar-refractivity contribution in [3.8, 4) is 0 Å². The summed E-state index contributed by atoms with van der Waals surface area (Å²) in [5, 5.41) is 4.82. The van der Waals surface area contributed by atoms with Crippen molar-refractivity contribution in [1.82, 2.24) is 15.0 Å². The molecule has 1 aliphatic heterocycles. The molecule has 1 fully saturated rings. The van der Waals surface area contributed by atoms with E-state index in [2.05, 4.69) is 10.3 Å². The molecular formula is C12H13F3N4. The Kier molecular flexibility index (Phi) is 2.85. The van der Waals surface area contributed by atoms with Crippen LogP contribution in [0.2, 0.25) is 0 Å². The first-order valence-corrected chi connectivity index (χ1v) is 6.08. The summed E-state index contributed by atoms with van der Waals surface area (Å²) in [5.74, 6) is -0.851. The van der Waals surface area contributed by atoms with Crippen LogP contribution in [0.4, 0.5) is 13.2 Å². The molecule has 1 saturated heterocycles.